The van der Waals surface area contributed by atoms with E-state index in [1.54, 1.807) is 0 Å². The number of rotatable bonds is 9. The second-order valence-electron chi connectivity index (χ2n) is 7.20. The van der Waals surface area contributed by atoms with Gasteiger partial charge in [-0.05, 0) is 30.5 Å². The van der Waals surface area contributed by atoms with Gasteiger partial charge in [0.1, 0.15) is 0 Å². The Balaban J connectivity index is 2.16. The lowest BCUT2D eigenvalue weighted by Crippen LogP contribution is -2.48. The number of likely N-dealkylation sites (tertiary alicyclic amines) is 1. The van der Waals surface area contributed by atoms with E-state index < -0.39 is 0 Å². The van der Waals surface area contributed by atoms with Crippen molar-refractivity contribution in [3.8, 4) is 0 Å². The summed E-state index contributed by atoms with van der Waals surface area (Å²) >= 11 is 18.8. The quantitative estimate of drug-likeness (QED) is 0.248. The van der Waals surface area contributed by atoms with Crippen LogP contribution in [0.25, 0.3) is 0 Å². The number of benzene rings is 1. The molecule has 134 valence electrons. The van der Waals surface area contributed by atoms with Crippen LogP contribution in [0.3, 0.4) is 0 Å². The van der Waals surface area contributed by atoms with Gasteiger partial charge in [-0.3, -0.25) is 0 Å². The molecule has 1 unspecified atom stereocenters. The monoisotopic (exact) mass is 388 g/mol. The average molecular weight is 390 g/mol. The Kier molecular flexibility index (Phi) is 7.94. The first-order valence-corrected chi connectivity index (χ1v) is 10.2. The zero-order chi connectivity index (χ0) is 17.6. The molecule has 0 aliphatic carbocycles. The second-order valence-corrected chi connectivity index (χ2v) is 8.36. The highest BCUT2D eigenvalue weighted by molar-refractivity contribution is 6.48. The molecule has 24 heavy (non-hydrogen) atoms. The summed E-state index contributed by atoms with van der Waals surface area (Å²) in [5, 5.41) is 1.65. The van der Waals surface area contributed by atoms with Crippen molar-refractivity contribution < 1.29 is 4.48 Å². The molecule has 1 fully saturated rings. The van der Waals surface area contributed by atoms with Crippen molar-refractivity contribution >= 4 is 34.8 Å². The van der Waals surface area contributed by atoms with Gasteiger partial charge in [0, 0.05) is 18.8 Å². The van der Waals surface area contributed by atoms with E-state index in [1.807, 2.05) is 12.1 Å². The van der Waals surface area contributed by atoms with Crippen molar-refractivity contribution in [2.75, 3.05) is 26.2 Å². The minimum atomic E-state index is 0.487. The first kappa shape index (κ1) is 20.1. The van der Waals surface area contributed by atoms with Crippen LogP contribution in [0.5, 0.6) is 0 Å². The fraction of sp³-hybridized carbons (Fsp3) is 0.600. The Morgan fingerprint density at radius 1 is 1.17 bits per heavy atom. The summed E-state index contributed by atoms with van der Waals surface area (Å²) in [7, 11) is 0. The summed E-state index contributed by atoms with van der Waals surface area (Å²) in [5.74, 6) is 0.623. The van der Waals surface area contributed by atoms with Crippen LogP contribution in [0.2, 0.25) is 15.1 Å². The molecule has 1 aromatic carbocycles. The highest BCUT2D eigenvalue weighted by atomic mass is 35.5. The number of nitrogens with zero attached hydrogens (tertiary/aromatic N) is 1. The van der Waals surface area contributed by atoms with Gasteiger partial charge in [-0.2, -0.15) is 0 Å². The van der Waals surface area contributed by atoms with Crippen molar-refractivity contribution in [2.45, 2.75) is 45.4 Å². The zero-order valence-corrected chi connectivity index (χ0v) is 16.9. The van der Waals surface area contributed by atoms with Crippen molar-refractivity contribution in [3.63, 3.8) is 0 Å². The van der Waals surface area contributed by atoms with Gasteiger partial charge in [0.2, 0.25) is 0 Å². The molecule has 0 radical (unpaired) electrons. The second kappa shape index (κ2) is 9.48. The molecule has 4 heteroatoms. The van der Waals surface area contributed by atoms with Gasteiger partial charge in [-0.1, -0.05) is 67.2 Å². The van der Waals surface area contributed by atoms with Gasteiger partial charge >= 0.3 is 0 Å². The Morgan fingerprint density at radius 2 is 1.88 bits per heavy atom. The largest absolute Gasteiger partial charge is 0.320 e. The standard InChI is InChI=1S/C20H29Cl3N/c1-3-5-8-16(15-24(11-4-2)12-6-7-13-24)14-17-9-10-18(21)20(23)19(17)22/h4,9-10,16H,2-3,5-8,11-15H2,1H3/q+1. The Morgan fingerprint density at radius 3 is 2.50 bits per heavy atom. The van der Waals surface area contributed by atoms with Crippen LogP contribution in [-0.2, 0) is 6.42 Å². The van der Waals surface area contributed by atoms with E-state index in [9.17, 15) is 0 Å². The lowest BCUT2D eigenvalue weighted by molar-refractivity contribution is -0.914. The highest BCUT2D eigenvalue weighted by Crippen LogP contribution is 2.35. The number of halogens is 3. The van der Waals surface area contributed by atoms with E-state index in [0.29, 0.717) is 21.0 Å². The highest BCUT2D eigenvalue weighted by Gasteiger charge is 2.33. The van der Waals surface area contributed by atoms with Gasteiger partial charge in [0.25, 0.3) is 0 Å². The van der Waals surface area contributed by atoms with Gasteiger partial charge < -0.3 is 4.48 Å². The molecule has 0 aromatic heterocycles. The predicted octanol–water partition coefficient (Wildman–Crippen LogP) is 6.79. The minimum Gasteiger partial charge on any atom is -0.320 e. The molecule has 1 aromatic rings. The summed E-state index contributed by atoms with van der Waals surface area (Å²) in [6.07, 6.45) is 9.47. The molecule has 1 heterocycles. The van der Waals surface area contributed by atoms with E-state index in [-0.39, 0.29) is 0 Å². The molecule has 1 atom stereocenters. The predicted molar refractivity (Wildman–Crippen MR) is 107 cm³/mol. The van der Waals surface area contributed by atoms with Gasteiger partial charge in [-0.15, -0.1) is 0 Å². The van der Waals surface area contributed by atoms with E-state index >= 15 is 0 Å². The van der Waals surface area contributed by atoms with Crippen molar-refractivity contribution in [2.24, 2.45) is 5.92 Å². The molecular formula is C20H29Cl3N+. The lowest BCUT2D eigenvalue weighted by Gasteiger charge is -2.37. The molecule has 0 amide bonds. The summed E-state index contributed by atoms with van der Waals surface area (Å²) < 4.78 is 1.19. The van der Waals surface area contributed by atoms with Gasteiger partial charge in [0.05, 0.1) is 41.2 Å². The van der Waals surface area contributed by atoms with Crippen molar-refractivity contribution in [1.82, 2.24) is 0 Å². The Hall–Kier alpha value is -0.210. The summed E-state index contributed by atoms with van der Waals surface area (Å²) in [6, 6.07) is 3.91. The summed E-state index contributed by atoms with van der Waals surface area (Å²) in [4.78, 5) is 0. The third kappa shape index (κ3) is 5.14. The molecule has 0 N–H and O–H groups in total. The maximum absolute atomic E-state index is 6.45. The smallest absolute Gasteiger partial charge is 0.0971 e. The molecule has 1 aliphatic heterocycles. The average Bonchev–Trinajstić information content (AvgIpc) is 3.01. The number of unbranched alkanes of at least 4 members (excludes halogenated alkanes) is 1. The van der Waals surface area contributed by atoms with Crippen LogP contribution in [-0.4, -0.2) is 30.7 Å². The molecule has 2 rings (SSSR count). The van der Waals surface area contributed by atoms with Crippen LogP contribution in [0, 0.1) is 5.92 Å². The molecule has 0 spiro atoms. The van der Waals surface area contributed by atoms with Crippen LogP contribution in [0.15, 0.2) is 24.8 Å². The third-order valence-corrected chi connectivity index (χ3v) is 6.60. The summed E-state index contributed by atoms with van der Waals surface area (Å²) in [5.41, 5.74) is 1.13. The van der Waals surface area contributed by atoms with Crippen LogP contribution in [0.4, 0.5) is 0 Å². The molecular weight excluding hydrogens is 361 g/mol. The van der Waals surface area contributed by atoms with Crippen molar-refractivity contribution in [3.05, 3.63) is 45.4 Å². The van der Waals surface area contributed by atoms with Crippen molar-refractivity contribution in [1.29, 1.82) is 0 Å². The van der Waals surface area contributed by atoms with Crippen LogP contribution >= 0.6 is 34.8 Å². The first-order valence-electron chi connectivity index (χ1n) is 9.09. The van der Waals surface area contributed by atoms with E-state index in [0.717, 1.165) is 18.5 Å². The van der Waals surface area contributed by atoms with Crippen LogP contribution in [0.1, 0.15) is 44.6 Å². The van der Waals surface area contributed by atoms with E-state index in [2.05, 4.69) is 19.6 Å². The third-order valence-electron chi connectivity index (χ3n) is 5.27. The first-order chi connectivity index (χ1) is 11.5. The lowest BCUT2D eigenvalue weighted by atomic mass is 9.92. The minimum absolute atomic E-state index is 0.487. The van der Waals surface area contributed by atoms with Gasteiger partial charge in [0.15, 0.2) is 0 Å². The number of quaternary nitrogens is 1. The molecule has 0 bridgehead atoms. The maximum atomic E-state index is 6.45. The van der Waals surface area contributed by atoms with E-state index in [4.69, 9.17) is 34.8 Å². The number of hydrogen-bond acceptors (Lipinski definition) is 0. The normalized spacial score (nSPS) is 17.8. The molecule has 1 nitrogen and oxygen atoms in total. The van der Waals surface area contributed by atoms with Gasteiger partial charge in [-0.25, -0.2) is 0 Å². The summed E-state index contributed by atoms with van der Waals surface area (Å²) in [6.45, 7) is 11.1. The molecule has 1 saturated heterocycles. The Labute approximate surface area is 162 Å². The SMILES string of the molecule is C=CC[N+]1(CC(CCCC)Cc2ccc(Cl)c(Cl)c2Cl)CCCC1. The maximum Gasteiger partial charge on any atom is 0.0971 e. The Bertz CT molecular complexity index is 550. The molecule has 0 saturated carbocycles. The fourth-order valence-corrected chi connectivity index (χ4v) is 4.68. The zero-order valence-electron chi connectivity index (χ0n) is 14.7. The van der Waals surface area contributed by atoms with E-state index in [1.165, 1.54) is 56.2 Å². The number of hydrogen-bond donors (Lipinski definition) is 0. The van der Waals surface area contributed by atoms with Crippen LogP contribution < -0.4 is 0 Å². The fourth-order valence-electron chi connectivity index (χ4n) is 4.05. The molecule has 1 aliphatic rings. The topological polar surface area (TPSA) is 0 Å².